The molecule has 2 N–H and O–H groups in total. The van der Waals surface area contributed by atoms with Crippen LogP contribution < -0.4 is 5.32 Å². The molecule has 0 spiro atoms. The molecule has 3 amide bonds. The Hall–Kier alpha value is -3.48. The van der Waals surface area contributed by atoms with E-state index in [9.17, 15) is 14.4 Å². The van der Waals surface area contributed by atoms with E-state index in [-0.39, 0.29) is 23.9 Å². The number of carbonyl (C=O) groups is 3. The van der Waals surface area contributed by atoms with Gasteiger partial charge in [0.25, 0.3) is 17.7 Å². The second-order valence-electron chi connectivity index (χ2n) is 5.81. The lowest BCUT2D eigenvalue weighted by Crippen LogP contribution is -2.24. The van der Waals surface area contributed by atoms with Gasteiger partial charge in [0.2, 0.25) is 0 Å². The molecule has 0 fully saturated rings. The first-order valence-corrected chi connectivity index (χ1v) is 7.73. The van der Waals surface area contributed by atoms with Crippen molar-refractivity contribution < 1.29 is 14.4 Å². The number of aromatic amines is 1. The molecule has 7 heteroatoms. The van der Waals surface area contributed by atoms with Crippen molar-refractivity contribution in [3.05, 3.63) is 65.0 Å². The quantitative estimate of drug-likeness (QED) is 0.713. The minimum atomic E-state index is -0.396. The van der Waals surface area contributed by atoms with Crippen LogP contribution in [0.4, 0.5) is 0 Å². The van der Waals surface area contributed by atoms with Gasteiger partial charge in [0.1, 0.15) is 5.82 Å². The standard InChI is InChI=1S/C18H14N4O3/c1-22-17(24)11-7-6-10(8-12(11)18(22)25)16(23)19-9-15-20-13-4-2-3-5-14(13)21-15/h2-8H,9H2,1H3,(H,19,23)(H,20,21). The molecule has 1 aromatic heterocycles. The molecule has 0 saturated heterocycles. The summed E-state index contributed by atoms with van der Waals surface area (Å²) >= 11 is 0. The summed E-state index contributed by atoms with van der Waals surface area (Å²) < 4.78 is 0. The van der Waals surface area contributed by atoms with Crippen molar-refractivity contribution in [2.75, 3.05) is 7.05 Å². The molecule has 3 aromatic rings. The first-order valence-electron chi connectivity index (χ1n) is 7.73. The average Bonchev–Trinajstić information content (AvgIpc) is 3.14. The summed E-state index contributed by atoms with van der Waals surface area (Å²) in [5.41, 5.74) is 2.63. The molecule has 0 radical (unpaired) electrons. The smallest absolute Gasteiger partial charge is 0.261 e. The third kappa shape index (κ3) is 2.46. The van der Waals surface area contributed by atoms with Crippen molar-refractivity contribution >= 4 is 28.8 Å². The summed E-state index contributed by atoms with van der Waals surface area (Å²) in [6.45, 7) is 0.234. The highest BCUT2D eigenvalue weighted by Crippen LogP contribution is 2.22. The zero-order chi connectivity index (χ0) is 17.6. The van der Waals surface area contributed by atoms with Crippen LogP contribution in [0.3, 0.4) is 0 Å². The molecule has 2 heterocycles. The van der Waals surface area contributed by atoms with Gasteiger partial charge in [-0.15, -0.1) is 0 Å². The van der Waals surface area contributed by atoms with Gasteiger partial charge >= 0.3 is 0 Å². The zero-order valence-electron chi connectivity index (χ0n) is 13.4. The number of rotatable bonds is 3. The Bertz CT molecular complexity index is 1000. The molecule has 124 valence electrons. The molecule has 0 unspecified atom stereocenters. The highest BCUT2D eigenvalue weighted by molar-refractivity contribution is 6.21. The van der Waals surface area contributed by atoms with Crippen LogP contribution in [-0.4, -0.2) is 39.6 Å². The van der Waals surface area contributed by atoms with Gasteiger partial charge in [-0.1, -0.05) is 12.1 Å². The molecule has 2 aromatic carbocycles. The monoisotopic (exact) mass is 334 g/mol. The van der Waals surface area contributed by atoms with Gasteiger partial charge in [-0.3, -0.25) is 19.3 Å². The highest BCUT2D eigenvalue weighted by Gasteiger charge is 2.33. The number of H-pyrrole nitrogens is 1. The van der Waals surface area contributed by atoms with Crippen LogP contribution >= 0.6 is 0 Å². The number of para-hydroxylation sites is 2. The number of benzene rings is 2. The van der Waals surface area contributed by atoms with Crippen molar-refractivity contribution in [3.8, 4) is 0 Å². The number of nitrogens with zero attached hydrogens (tertiary/aromatic N) is 2. The van der Waals surface area contributed by atoms with Crippen LogP contribution in [0.5, 0.6) is 0 Å². The Morgan fingerprint density at radius 1 is 1.12 bits per heavy atom. The number of hydrogen-bond acceptors (Lipinski definition) is 4. The van der Waals surface area contributed by atoms with Crippen molar-refractivity contribution in [2.45, 2.75) is 6.54 Å². The van der Waals surface area contributed by atoms with Gasteiger partial charge in [-0.05, 0) is 30.3 Å². The van der Waals surface area contributed by atoms with E-state index < -0.39 is 5.91 Å². The molecular weight excluding hydrogens is 320 g/mol. The molecule has 1 aliphatic rings. The van der Waals surface area contributed by atoms with Crippen molar-refractivity contribution in [2.24, 2.45) is 0 Å². The lowest BCUT2D eigenvalue weighted by molar-refractivity contribution is 0.0693. The fourth-order valence-electron chi connectivity index (χ4n) is 2.86. The summed E-state index contributed by atoms with van der Waals surface area (Å²) in [5, 5.41) is 2.76. The minimum absolute atomic E-state index is 0.234. The van der Waals surface area contributed by atoms with E-state index >= 15 is 0 Å². The van der Waals surface area contributed by atoms with Crippen LogP contribution in [0.15, 0.2) is 42.5 Å². The molecular formula is C18H14N4O3. The molecule has 4 rings (SSSR count). The van der Waals surface area contributed by atoms with Gasteiger partial charge in [-0.2, -0.15) is 0 Å². The van der Waals surface area contributed by atoms with Crippen LogP contribution in [0.2, 0.25) is 0 Å². The lowest BCUT2D eigenvalue weighted by atomic mass is 10.1. The van der Waals surface area contributed by atoms with Gasteiger partial charge in [0.05, 0.1) is 28.7 Å². The lowest BCUT2D eigenvalue weighted by Gasteiger charge is -2.04. The largest absolute Gasteiger partial charge is 0.345 e. The van der Waals surface area contributed by atoms with Crippen LogP contribution in [0.25, 0.3) is 11.0 Å². The van der Waals surface area contributed by atoms with Crippen LogP contribution in [-0.2, 0) is 6.54 Å². The molecule has 0 atom stereocenters. The normalized spacial score (nSPS) is 13.4. The fraction of sp³-hybridized carbons (Fsp3) is 0.111. The number of imide groups is 1. The van der Waals surface area contributed by atoms with Gasteiger partial charge in [0.15, 0.2) is 0 Å². The first-order chi connectivity index (χ1) is 12.0. The van der Waals surface area contributed by atoms with E-state index in [1.54, 1.807) is 0 Å². The Morgan fingerprint density at radius 3 is 2.68 bits per heavy atom. The summed E-state index contributed by atoms with van der Waals surface area (Å²) in [4.78, 5) is 44.8. The predicted octanol–water partition coefficient (Wildman–Crippen LogP) is 1.72. The molecule has 25 heavy (non-hydrogen) atoms. The number of aromatic nitrogens is 2. The molecule has 0 aliphatic carbocycles. The summed E-state index contributed by atoms with van der Waals surface area (Å²) in [6.07, 6.45) is 0. The van der Waals surface area contributed by atoms with Crippen molar-refractivity contribution in [1.29, 1.82) is 0 Å². The Balaban J connectivity index is 1.52. The summed E-state index contributed by atoms with van der Waals surface area (Å²) in [5.74, 6) is -0.444. The topological polar surface area (TPSA) is 95.2 Å². The van der Waals surface area contributed by atoms with Crippen LogP contribution in [0, 0.1) is 0 Å². The van der Waals surface area contributed by atoms with E-state index in [1.807, 2.05) is 24.3 Å². The maximum Gasteiger partial charge on any atom is 0.261 e. The maximum atomic E-state index is 12.3. The Kier molecular flexibility index (Phi) is 3.35. The summed E-state index contributed by atoms with van der Waals surface area (Å²) in [7, 11) is 1.42. The number of amides is 3. The zero-order valence-corrected chi connectivity index (χ0v) is 13.4. The Morgan fingerprint density at radius 2 is 1.88 bits per heavy atom. The van der Waals surface area contributed by atoms with E-state index in [1.165, 1.54) is 25.2 Å². The SMILES string of the molecule is CN1C(=O)c2ccc(C(=O)NCc3nc4ccccc4[nH]3)cc2C1=O. The number of hydrogen-bond donors (Lipinski definition) is 2. The first kappa shape index (κ1) is 15.1. The molecule has 0 bridgehead atoms. The average molecular weight is 334 g/mol. The number of fused-ring (bicyclic) bond motifs is 2. The van der Waals surface area contributed by atoms with Crippen molar-refractivity contribution in [1.82, 2.24) is 20.2 Å². The number of nitrogens with one attached hydrogen (secondary N) is 2. The third-order valence-electron chi connectivity index (χ3n) is 4.21. The van der Waals surface area contributed by atoms with Gasteiger partial charge < -0.3 is 10.3 Å². The fourth-order valence-corrected chi connectivity index (χ4v) is 2.86. The maximum absolute atomic E-state index is 12.3. The second-order valence-corrected chi connectivity index (χ2v) is 5.81. The minimum Gasteiger partial charge on any atom is -0.345 e. The predicted molar refractivity (Wildman–Crippen MR) is 90.1 cm³/mol. The number of imidazole rings is 1. The molecule has 0 saturated carbocycles. The molecule has 7 nitrogen and oxygen atoms in total. The molecule has 1 aliphatic heterocycles. The van der Waals surface area contributed by atoms with Crippen LogP contribution in [0.1, 0.15) is 36.9 Å². The highest BCUT2D eigenvalue weighted by atomic mass is 16.2. The summed E-state index contributed by atoms with van der Waals surface area (Å²) in [6, 6.07) is 12.1. The van der Waals surface area contributed by atoms with Gasteiger partial charge in [0, 0.05) is 12.6 Å². The van der Waals surface area contributed by atoms with Gasteiger partial charge in [-0.25, -0.2) is 4.98 Å². The third-order valence-corrected chi connectivity index (χ3v) is 4.21. The number of carbonyl (C=O) groups excluding carboxylic acids is 3. The second kappa shape index (κ2) is 5.55. The van der Waals surface area contributed by atoms with E-state index in [2.05, 4.69) is 15.3 Å². The Labute approximate surface area is 142 Å². The van der Waals surface area contributed by atoms with E-state index in [0.29, 0.717) is 17.0 Å². The van der Waals surface area contributed by atoms with Crippen molar-refractivity contribution in [3.63, 3.8) is 0 Å². The van der Waals surface area contributed by atoms with E-state index in [0.717, 1.165) is 15.9 Å². The van der Waals surface area contributed by atoms with E-state index in [4.69, 9.17) is 0 Å².